The zero-order valence-electron chi connectivity index (χ0n) is 11.3. The molecular weight excluding hydrogens is 248 g/mol. The summed E-state index contributed by atoms with van der Waals surface area (Å²) >= 11 is 0. The van der Waals surface area contributed by atoms with Crippen molar-refractivity contribution >= 4 is 0 Å². The average molecular weight is 260 g/mol. The van der Waals surface area contributed by atoms with E-state index in [2.05, 4.69) is 0 Å². The van der Waals surface area contributed by atoms with Crippen molar-refractivity contribution in [3.05, 3.63) is 23.3 Å². The van der Waals surface area contributed by atoms with E-state index in [1.165, 1.54) is 11.1 Å². The third-order valence-electron chi connectivity index (χ3n) is 5.64. The number of hydrogen-bond acceptors (Lipinski definition) is 4. The van der Waals surface area contributed by atoms with Gasteiger partial charge in [-0.3, -0.25) is 0 Å². The number of nitriles is 4. The van der Waals surface area contributed by atoms with Crippen LogP contribution in [0.4, 0.5) is 0 Å². The van der Waals surface area contributed by atoms with Crippen molar-refractivity contribution in [3.8, 4) is 24.3 Å². The summed E-state index contributed by atoms with van der Waals surface area (Å²) in [7, 11) is 0. The average Bonchev–Trinajstić information content (AvgIpc) is 2.52. The van der Waals surface area contributed by atoms with E-state index < -0.39 is 10.8 Å². The molecule has 4 aliphatic carbocycles. The minimum absolute atomic E-state index is 0.124. The molecule has 0 aromatic rings. The Labute approximate surface area is 117 Å². The van der Waals surface area contributed by atoms with Crippen LogP contribution in [0, 0.1) is 79.8 Å². The largest absolute Gasteiger partial charge is 0.196 e. The highest BCUT2D eigenvalue weighted by molar-refractivity contribution is 5.52. The van der Waals surface area contributed by atoms with Crippen LogP contribution in [0.5, 0.6) is 0 Å². The van der Waals surface area contributed by atoms with Gasteiger partial charge < -0.3 is 0 Å². The predicted octanol–water partition coefficient (Wildman–Crippen LogP) is 2.45. The normalized spacial score (nSPS) is 37.7. The quantitative estimate of drug-likeness (QED) is 0.625. The molecule has 4 aliphatic rings. The molecule has 0 aliphatic heterocycles. The van der Waals surface area contributed by atoms with Crippen LogP contribution in [0.3, 0.4) is 0 Å². The fourth-order valence-corrected chi connectivity index (χ4v) is 4.49. The highest BCUT2D eigenvalue weighted by atomic mass is 14.7. The lowest BCUT2D eigenvalue weighted by Gasteiger charge is -2.61. The summed E-state index contributed by atoms with van der Waals surface area (Å²) in [5.74, 6) is -0.482. The summed E-state index contributed by atoms with van der Waals surface area (Å²) < 4.78 is 0. The highest BCUT2D eigenvalue weighted by Crippen LogP contribution is 2.69. The molecule has 0 saturated heterocycles. The SMILES string of the molecule is CC1=C(C)[C@H]2[C@H]1[C@@H]1C=C[C@@H]2C(C#N)(C#N)C1(C#N)C#N. The maximum absolute atomic E-state index is 9.62. The van der Waals surface area contributed by atoms with Crippen molar-refractivity contribution in [2.75, 3.05) is 0 Å². The fourth-order valence-electron chi connectivity index (χ4n) is 4.49. The van der Waals surface area contributed by atoms with Crippen LogP contribution < -0.4 is 0 Å². The van der Waals surface area contributed by atoms with E-state index in [1.807, 2.05) is 50.3 Å². The van der Waals surface area contributed by atoms with Gasteiger partial charge in [-0.15, -0.1) is 0 Å². The van der Waals surface area contributed by atoms with Crippen LogP contribution in [-0.2, 0) is 0 Å². The van der Waals surface area contributed by atoms with Gasteiger partial charge in [0.25, 0.3) is 0 Å². The van der Waals surface area contributed by atoms with E-state index in [9.17, 15) is 21.0 Å². The monoisotopic (exact) mass is 260 g/mol. The topological polar surface area (TPSA) is 95.2 Å². The van der Waals surface area contributed by atoms with Crippen molar-refractivity contribution < 1.29 is 0 Å². The van der Waals surface area contributed by atoms with Gasteiger partial charge in [0.05, 0.1) is 24.3 Å². The van der Waals surface area contributed by atoms with Gasteiger partial charge in [-0.25, -0.2) is 0 Å². The Bertz CT molecular complexity index is 638. The Kier molecular flexibility index (Phi) is 2.19. The first-order valence-electron chi connectivity index (χ1n) is 6.55. The fraction of sp³-hybridized carbons (Fsp3) is 0.500. The molecule has 4 heteroatoms. The van der Waals surface area contributed by atoms with Gasteiger partial charge in [0.1, 0.15) is 0 Å². The molecule has 4 rings (SSSR count). The third-order valence-corrected chi connectivity index (χ3v) is 5.64. The van der Waals surface area contributed by atoms with E-state index in [-0.39, 0.29) is 23.7 Å². The van der Waals surface area contributed by atoms with E-state index in [0.717, 1.165) is 0 Å². The van der Waals surface area contributed by atoms with Crippen LogP contribution in [0.25, 0.3) is 0 Å². The lowest BCUT2D eigenvalue weighted by atomic mass is 9.36. The Morgan fingerprint density at radius 3 is 1.30 bits per heavy atom. The van der Waals surface area contributed by atoms with Gasteiger partial charge in [-0.1, -0.05) is 23.3 Å². The number of nitrogens with zero attached hydrogens (tertiary/aromatic N) is 4. The van der Waals surface area contributed by atoms with Crippen LogP contribution in [0.2, 0.25) is 0 Å². The molecule has 0 heterocycles. The smallest absolute Gasteiger partial charge is 0.182 e. The Morgan fingerprint density at radius 2 is 1.05 bits per heavy atom. The summed E-state index contributed by atoms with van der Waals surface area (Å²) in [6, 6.07) is 8.13. The second-order valence-electron chi connectivity index (χ2n) is 5.92. The molecule has 0 N–H and O–H groups in total. The zero-order chi connectivity index (χ0) is 14.7. The van der Waals surface area contributed by atoms with Gasteiger partial charge in [0.2, 0.25) is 0 Å². The molecule has 0 spiro atoms. The standard InChI is InChI=1S/C16H12N4/c1-9-10(2)14-12-4-3-11(13(9)14)15(5-17,6-18)16(12,7-19)8-20/h3-4,11-14H,1-2H3/t11-,12-,13+,14+/m0/s1. The first kappa shape index (κ1) is 12.5. The number of hydrogen-bond donors (Lipinski definition) is 0. The van der Waals surface area contributed by atoms with Crippen molar-refractivity contribution in [1.29, 1.82) is 21.0 Å². The Hall–Kier alpha value is -2.56. The molecule has 0 radical (unpaired) electrons. The zero-order valence-corrected chi connectivity index (χ0v) is 11.3. The lowest BCUT2D eigenvalue weighted by Crippen LogP contribution is -2.63. The Balaban J connectivity index is 2.34. The van der Waals surface area contributed by atoms with Gasteiger partial charge in [0.15, 0.2) is 10.8 Å². The molecule has 0 aromatic carbocycles. The van der Waals surface area contributed by atoms with E-state index in [4.69, 9.17) is 0 Å². The summed E-state index contributed by atoms with van der Waals surface area (Å²) in [5.41, 5.74) is -0.736. The second-order valence-corrected chi connectivity index (χ2v) is 5.92. The Morgan fingerprint density at radius 1 is 0.750 bits per heavy atom. The van der Waals surface area contributed by atoms with Gasteiger partial charge in [-0.05, 0) is 25.7 Å². The van der Waals surface area contributed by atoms with Crippen LogP contribution in [-0.4, -0.2) is 0 Å². The van der Waals surface area contributed by atoms with Crippen molar-refractivity contribution in [2.45, 2.75) is 13.8 Å². The molecule has 1 fully saturated rings. The van der Waals surface area contributed by atoms with Crippen molar-refractivity contribution in [1.82, 2.24) is 0 Å². The van der Waals surface area contributed by atoms with Crippen molar-refractivity contribution in [3.63, 3.8) is 0 Å². The summed E-state index contributed by atoms with van der Waals surface area (Å²) in [4.78, 5) is 0. The molecule has 96 valence electrons. The van der Waals surface area contributed by atoms with Crippen LogP contribution >= 0.6 is 0 Å². The molecule has 4 nitrogen and oxygen atoms in total. The molecule has 0 unspecified atom stereocenters. The maximum Gasteiger partial charge on any atom is 0.182 e. The minimum Gasteiger partial charge on any atom is -0.196 e. The summed E-state index contributed by atoms with van der Waals surface area (Å²) in [6.07, 6.45) is 3.75. The van der Waals surface area contributed by atoms with Crippen LogP contribution in [0.1, 0.15) is 13.8 Å². The molecule has 0 aromatic heterocycles. The minimum atomic E-state index is -1.57. The van der Waals surface area contributed by atoms with E-state index in [0.29, 0.717) is 0 Å². The number of allylic oxidation sites excluding steroid dienone is 4. The predicted molar refractivity (Wildman–Crippen MR) is 68.8 cm³/mol. The van der Waals surface area contributed by atoms with Crippen LogP contribution in [0.15, 0.2) is 23.3 Å². The molecule has 1 saturated carbocycles. The molecule has 0 amide bonds. The number of fused-ring (bicyclic) bond motifs is 1. The number of rotatable bonds is 0. The van der Waals surface area contributed by atoms with E-state index in [1.54, 1.807) is 0 Å². The molecule has 4 atom stereocenters. The maximum atomic E-state index is 9.62. The second kappa shape index (κ2) is 3.50. The third kappa shape index (κ3) is 0.911. The van der Waals surface area contributed by atoms with Crippen molar-refractivity contribution in [2.24, 2.45) is 34.5 Å². The molecular formula is C16H12N4. The van der Waals surface area contributed by atoms with Gasteiger partial charge >= 0.3 is 0 Å². The van der Waals surface area contributed by atoms with Gasteiger partial charge in [0, 0.05) is 11.8 Å². The lowest BCUT2D eigenvalue weighted by molar-refractivity contribution is -0.00582. The molecule has 20 heavy (non-hydrogen) atoms. The first-order chi connectivity index (χ1) is 9.54. The summed E-state index contributed by atoms with van der Waals surface area (Å²) in [5, 5.41) is 38.5. The first-order valence-corrected chi connectivity index (χ1v) is 6.55. The van der Waals surface area contributed by atoms with Gasteiger partial charge in [-0.2, -0.15) is 21.0 Å². The van der Waals surface area contributed by atoms with E-state index >= 15 is 0 Å². The molecule has 2 bridgehead atoms. The summed E-state index contributed by atoms with van der Waals surface area (Å²) in [6.45, 7) is 4.04. The highest BCUT2D eigenvalue weighted by Gasteiger charge is 2.73.